The van der Waals surface area contributed by atoms with Gasteiger partial charge in [0.05, 0.1) is 9.83 Å². The van der Waals surface area contributed by atoms with Gasteiger partial charge in [0.25, 0.3) is 0 Å². The number of hydrogen-bond donors (Lipinski definition) is 1. The Morgan fingerprint density at radius 2 is 1.90 bits per heavy atom. The molecule has 0 bridgehead atoms. The number of carbonyl (C=O) groups is 1. The summed E-state index contributed by atoms with van der Waals surface area (Å²) in [6.45, 7) is 1.30. The first-order valence-electron chi connectivity index (χ1n) is 9.62. The molecule has 6 heteroatoms. The van der Waals surface area contributed by atoms with E-state index in [4.69, 9.17) is 4.74 Å². The number of thiophene rings is 1. The van der Waals surface area contributed by atoms with Gasteiger partial charge < -0.3 is 9.84 Å². The van der Waals surface area contributed by atoms with Crippen LogP contribution in [-0.2, 0) is 11.4 Å². The molecule has 0 aliphatic carbocycles. The summed E-state index contributed by atoms with van der Waals surface area (Å²) in [4.78, 5) is 15.0. The van der Waals surface area contributed by atoms with Crippen LogP contribution in [-0.4, -0.2) is 28.6 Å². The smallest absolute Gasteiger partial charge is 0.320 e. The molecule has 0 radical (unpaired) electrons. The van der Waals surface area contributed by atoms with E-state index in [9.17, 15) is 9.90 Å². The maximum atomic E-state index is 11.8. The average molecular weight is 472 g/mol. The Kier molecular flexibility index (Phi) is 6.33. The lowest BCUT2D eigenvalue weighted by Gasteiger charge is -2.31. The van der Waals surface area contributed by atoms with Gasteiger partial charge in [-0.15, -0.1) is 11.3 Å². The Morgan fingerprint density at radius 1 is 1.14 bits per heavy atom. The van der Waals surface area contributed by atoms with Crippen LogP contribution in [0.1, 0.15) is 34.9 Å². The number of nitrogens with zero attached hydrogens (tertiary/aromatic N) is 1. The molecule has 150 valence electrons. The van der Waals surface area contributed by atoms with Gasteiger partial charge >= 0.3 is 5.97 Å². The van der Waals surface area contributed by atoms with Crippen molar-refractivity contribution in [2.24, 2.45) is 0 Å². The monoisotopic (exact) mass is 471 g/mol. The predicted molar refractivity (Wildman–Crippen MR) is 118 cm³/mol. The summed E-state index contributed by atoms with van der Waals surface area (Å²) in [6.07, 6.45) is 1.59. The van der Waals surface area contributed by atoms with E-state index in [1.807, 2.05) is 48.5 Å². The van der Waals surface area contributed by atoms with Crippen LogP contribution in [0, 0.1) is 0 Å². The molecule has 2 unspecified atom stereocenters. The molecule has 0 amide bonds. The van der Waals surface area contributed by atoms with Gasteiger partial charge in [0.1, 0.15) is 18.4 Å². The molecule has 0 saturated carbocycles. The van der Waals surface area contributed by atoms with Crippen LogP contribution < -0.4 is 4.74 Å². The zero-order valence-electron chi connectivity index (χ0n) is 15.8. The summed E-state index contributed by atoms with van der Waals surface area (Å²) < 4.78 is 6.96. The van der Waals surface area contributed by atoms with Gasteiger partial charge in [0.15, 0.2) is 0 Å². The van der Waals surface area contributed by atoms with E-state index >= 15 is 0 Å². The van der Waals surface area contributed by atoms with Crippen LogP contribution in [0.25, 0.3) is 0 Å². The summed E-state index contributed by atoms with van der Waals surface area (Å²) >= 11 is 5.20. The number of aliphatic carboxylic acids is 1. The van der Waals surface area contributed by atoms with Crippen LogP contribution in [0.5, 0.6) is 5.75 Å². The van der Waals surface area contributed by atoms with Gasteiger partial charge in [0, 0.05) is 11.4 Å². The highest BCUT2D eigenvalue weighted by molar-refractivity contribution is 9.11. The molecule has 1 aliphatic rings. The number of carboxylic acids is 1. The second kappa shape index (κ2) is 9.11. The third-order valence-corrected chi connectivity index (χ3v) is 6.89. The zero-order valence-corrected chi connectivity index (χ0v) is 18.2. The molecule has 4 rings (SSSR count). The first kappa shape index (κ1) is 20.1. The number of ether oxygens (including phenoxy) is 1. The Bertz CT molecular complexity index is 958. The van der Waals surface area contributed by atoms with Crippen molar-refractivity contribution in [3.63, 3.8) is 0 Å². The Hall–Kier alpha value is -2.15. The fourth-order valence-corrected chi connectivity index (χ4v) is 5.42. The molecule has 1 aromatic heterocycles. The van der Waals surface area contributed by atoms with Crippen molar-refractivity contribution in [2.45, 2.75) is 31.5 Å². The van der Waals surface area contributed by atoms with Crippen molar-refractivity contribution in [3.8, 4) is 5.75 Å². The lowest BCUT2D eigenvalue weighted by atomic mass is 10.0. The Morgan fingerprint density at radius 3 is 2.55 bits per heavy atom. The minimum Gasteiger partial charge on any atom is -0.489 e. The lowest BCUT2D eigenvalue weighted by Crippen LogP contribution is -2.38. The lowest BCUT2D eigenvalue weighted by molar-refractivity contribution is -0.142. The molecule has 1 saturated heterocycles. The standard InChI is InChI=1S/C23H22BrNO3S/c24-21-13-12-20(29-21)22(25-14-4-7-19(25)23(26)27)17-8-10-18(11-9-17)28-15-16-5-2-1-3-6-16/h1-3,5-6,8-13,19,22H,4,7,14-15H2,(H,26,27). The van der Waals surface area contributed by atoms with Crippen LogP contribution in [0.4, 0.5) is 0 Å². The van der Waals surface area contributed by atoms with Gasteiger partial charge in [-0.05, 0) is 64.2 Å². The molecule has 2 aromatic carbocycles. The summed E-state index contributed by atoms with van der Waals surface area (Å²) in [7, 11) is 0. The largest absolute Gasteiger partial charge is 0.489 e. The molecule has 2 heterocycles. The average Bonchev–Trinajstić information content (AvgIpc) is 3.38. The number of halogens is 1. The molecule has 3 aromatic rings. The number of carboxylic acid groups (broad SMARTS) is 1. The molecule has 1 aliphatic heterocycles. The van der Waals surface area contributed by atoms with Crippen LogP contribution >= 0.6 is 27.3 Å². The van der Waals surface area contributed by atoms with Crippen molar-refractivity contribution >= 4 is 33.2 Å². The molecule has 2 atom stereocenters. The van der Waals surface area contributed by atoms with Gasteiger partial charge in [-0.3, -0.25) is 9.69 Å². The highest BCUT2D eigenvalue weighted by atomic mass is 79.9. The summed E-state index contributed by atoms with van der Waals surface area (Å²) in [6, 6.07) is 21.7. The maximum absolute atomic E-state index is 11.8. The third-order valence-electron chi connectivity index (χ3n) is 5.22. The van der Waals surface area contributed by atoms with Gasteiger partial charge in [-0.2, -0.15) is 0 Å². The predicted octanol–water partition coefficient (Wildman–Crippen LogP) is 5.73. The van der Waals surface area contributed by atoms with Crippen LogP contribution in [0.3, 0.4) is 0 Å². The molecule has 4 nitrogen and oxygen atoms in total. The number of hydrogen-bond acceptors (Lipinski definition) is 4. The van der Waals surface area contributed by atoms with Gasteiger partial charge in [-0.1, -0.05) is 42.5 Å². The highest BCUT2D eigenvalue weighted by Gasteiger charge is 2.37. The van der Waals surface area contributed by atoms with E-state index < -0.39 is 12.0 Å². The Labute approximate surface area is 182 Å². The van der Waals surface area contributed by atoms with E-state index in [2.05, 4.69) is 39.0 Å². The molecular weight excluding hydrogens is 450 g/mol. The Balaban J connectivity index is 1.57. The SMILES string of the molecule is O=C(O)C1CCCN1C(c1ccc(OCc2ccccc2)cc1)c1ccc(Br)s1. The number of rotatable bonds is 7. The second-order valence-corrected chi connectivity index (χ2v) is 9.62. The normalized spacial score (nSPS) is 17.9. The van der Waals surface area contributed by atoms with E-state index in [1.54, 1.807) is 11.3 Å². The van der Waals surface area contributed by atoms with Crippen LogP contribution in [0.2, 0.25) is 0 Å². The van der Waals surface area contributed by atoms with E-state index in [0.29, 0.717) is 13.0 Å². The third kappa shape index (κ3) is 4.71. The number of benzene rings is 2. The fraction of sp³-hybridized carbons (Fsp3) is 0.261. The fourth-order valence-electron chi connectivity index (χ4n) is 3.84. The van der Waals surface area contributed by atoms with E-state index in [0.717, 1.165) is 38.5 Å². The first-order valence-corrected chi connectivity index (χ1v) is 11.2. The summed E-state index contributed by atoms with van der Waals surface area (Å²) in [5, 5.41) is 9.69. The van der Waals surface area contributed by atoms with Gasteiger partial charge in [0.2, 0.25) is 0 Å². The molecule has 29 heavy (non-hydrogen) atoms. The van der Waals surface area contributed by atoms with Gasteiger partial charge in [-0.25, -0.2) is 0 Å². The first-order chi connectivity index (χ1) is 14.1. The van der Waals surface area contributed by atoms with E-state index in [1.165, 1.54) is 0 Å². The minimum absolute atomic E-state index is 0.0712. The molecule has 1 N–H and O–H groups in total. The summed E-state index contributed by atoms with van der Waals surface area (Å²) in [5.41, 5.74) is 2.21. The van der Waals surface area contributed by atoms with Crippen LogP contribution in [0.15, 0.2) is 70.5 Å². The topological polar surface area (TPSA) is 49.8 Å². The highest BCUT2D eigenvalue weighted by Crippen LogP contribution is 2.39. The molecular formula is C23H22BrNO3S. The summed E-state index contributed by atoms with van der Waals surface area (Å²) in [5.74, 6) is 0.0610. The van der Waals surface area contributed by atoms with E-state index in [-0.39, 0.29) is 6.04 Å². The maximum Gasteiger partial charge on any atom is 0.320 e. The second-order valence-electron chi connectivity index (χ2n) is 7.12. The molecule has 0 spiro atoms. The van der Waals surface area contributed by atoms with Crippen molar-refractivity contribution in [1.82, 2.24) is 4.90 Å². The van der Waals surface area contributed by atoms with Crippen molar-refractivity contribution < 1.29 is 14.6 Å². The molecule has 1 fully saturated rings. The van der Waals surface area contributed by atoms with Crippen molar-refractivity contribution in [3.05, 3.63) is 86.5 Å². The number of likely N-dealkylation sites (tertiary alicyclic amines) is 1. The zero-order chi connectivity index (χ0) is 20.2. The van der Waals surface area contributed by atoms with Crippen molar-refractivity contribution in [1.29, 1.82) is 0 Å². The quantitative estimate of drug-likeness (QED) is 0.477. The minimum atomic E-state index is -0.745. The van der Waals surface area contributed by atoms with Crippen molar-refractivity contribution in [2.75, 3.05) is 6.54 Å².